The van der Waals surface area contributed by atoms with Gasteiger partial charge in [0.15, 0.2) is 5.16 Å². The second kappa shape index (κ2) is 3.24. The minimum Gasteiger partial charge on any atom is -0.312 e. The third kappa shape index (κ3) is 1.85. The van der Waals surface area contributed by atoms with Gasteiger partial charge in [0.25, 0.3) is 0 Å². The first kappa shape index (κ1) is 6.28. The number of nitrogens with one attached hydrogen (secondary N) is 2. The lowest BCUT2D eigenvalue weighted by molar-refractivity contribution is 0.975. The average molecular weight is 142 g/mol. The van der Waals surface area contributed by atoms with Crippen LogP contribution in [-0.4, -0.2) is 27.1 Å². The minimum atomic E-state index is 0.648. The lowest BCUT2D eigenvalue weighted by Gasteiger charge is -1.85. The van der Waals surface area contributed by atoms with Gasteiger partial charge in [-0.1, -0.05) is 11.8 Å². The first-order chi connectivity index (χ1) is 4.43. The van der Waals surface area contributed by atoms with Crippen molar-refractivity contribution in [1.29, 1.82) is 5.41 Å². The van der Waals surface area contributed by atoms with E-state index in [1.807, 2.05) is 0 Å². The lowest BCUT2D eigenvalue weighted by Crippen LogP contribution is -1.79. The van der Waals surface area contributed by atoms with Crippen molar-refractivity contribution in [1.82, 2.24) is 15.2 Å². The molecule has 0 atom stereocenters. The number of nitrogens with zero attached hydrogens (tertiary/aromatic N) is 2. The van der Waals surface area contributed by atoms with Crippen LogP contribution < -0.4 is 0 Å². The second-order valence-electron chi connectivity index (χ2n) is 1.31. The Bertz CT molecular complexity index is 171. The van der Waals surface area contributed by atoms with Crippen molar-refractivity contribution >= 4 is 18.0 Å². The first-order valence-corrected chi connectivity index (χ1v) is 3.39. The molecule has 9 heavy (non-hydrogen) atoms. The summed E-state index contributed by atoms with van der Waals surface area (Å²) in [6.07, 6.45) is 2.78. The van der Waals surface area contributed by atoms with Gasteiger partial charge in [0.05, 0.1) is 0 Å². The Hall–Kier alpha value is -0.840. The fraction of sp³-hybridized carbons (Fsp3) is 0.250. The van der Waals surface area contributed by atoms with Crippen molar-refractivity contribution in [3.63, 3.8) is 0 Å². The highest BCUT2D eigenvalue weighted by molar-refractivity contribution is 7.99. The van der Waals surface area contributed by atoms with Crippen LogP contribution in [0, 0.1) is 5.41 Å². The summed E-state index contributed by atoms with van der Waals surface area (Å²) in [6, 6.07) is 0. The lowest BCUT2D eigenvalue weighted by atomic mass is 10.9. The van der Waals surface area contributed by atoms with E-state index in [0.717, 1.165) is 5.16 Å². The van der Waals surface area contributed by atoms with Gasteiger partial charge >= 0.3 is 0 Å². The maximum Gasteiger partial charge on any atom is 0.183 e. The van der Waals surface area contributed by atoms with Crippen LogP contribution in [0.4, 0.5) is 0 Å². The molecule has 1 rings (SSSR count). The zero-order chi connectivity index (χ0) is 6.53. The molecule has 4 nitrogen and oxygen atoms in total. The molecule has 0 aliphatic carbocycles. The minimum absolute atomic E-state index is 0.648. The van der Waals surface area contributed by atoms with E-state index < -0.39 is 0 Å². The van der Waals surface area contributed by atoms with Crippen LogP contribution in [0.1, 0.15) is 0 Å². The molecule has 0 aliphatic rings. The molecule has 1 aromatic heterocycles. The standard InChI is InChI=1S/C4H6N4S/c5-1-2-9-4-6-3-7-8-4/h1,3,5H,2H2,(H,6,7,8). The fourth-order valence-corrected chi connectivity index (χ4v) is 0.865. The van der Waals surface area contributed by atoms with Gasteiger partial charge in [-0.05, 0) is 0 Å². The summed E-state index contributed by atoms with van der Waals surface area (Å²) >= 11 is 1.45. The Kier molecular flexibility index (Phi) is 2.26. The van der Waals surface area contributed by atoms with Crippen molar-refractivity contribution in [3.8, 4) is 0 Å². The van der Waals surface area contributed by atoms with E-state index in [0.29, 0.717) is 5.75 Å². The average Bonchev–Trinajstić information content (AvgIpc) is 2.34. The molecule has 1 heterocycles. The SMILES string of the molecule is N=CCSc1ncn[nH]1. The largest absolute Gasteiger partial charge is 0.312 e. The number of thioether (sulfide) groups is 1. The van der Waals surface area contributed by atoms with Crippen molar-refractivity contribution in [3.05, 3.63) is 6.33 Å². The van der Waals surface area contributed by atoms with Crippen LogP contribution >= 0.6 is 11.8 Å². The number of hydrogen-bond donors (Lipinski definition) is 2. The normalized spacial score (nSPS) is 9.33. The summed E-state index contributed by atoms with van der Waals surface area (Å²) in [4.78, 5) is 3.85. The zero-order valence-corrected chi connectivity index (χ0v) is 5.48. The van der Waals surface area contributed by atoms with Gasteiger partial charge in [-0.15, -0.1) is 0 Å². The van der Waals surface area contributed by atoms with E-state index in [4.69, 9.17) is 5.41 Å². The third-order valence-electron chi connectivity index (χ3n) is 0.696. The van der Waals surface area contributed by atoms with Crippen molar-refractivity contribution < 1.29 is 0 Å². The highest BCUT2D eigenvalue weighted by Gasteiger charge is 1.91. The van der Waals surface area contributed by atoms with E-state index in [2.05, 4.69) is 15.2 Å². The molecule has 2 N–H and O–H groups in total. The quantitative estimate of drug-likeness (QED) is 0.478. The Morgan fingerprint density at radius 2 is 2.78 bits per heavy atom. The van der Waals surface area contributed by atoms with E-state index in [-0.39, 0.29) is 0 Å². The summed E-state index contributed by atoms with van der Waals surface area (Å²) in [5, 5.41) is 13.8. The zero-order valence-electron chi connectivity index (χ0n) is 4.66. The van der Waals surface area contributed by atoms with Gasteiger partial charge in [-0.2, -0.15) is 5.10 Å². The Labute approximate surface area is 56.6 Å². The Morgan fingerprint density at radius 3 is 3.33 bits per heavy atom. The molecule has 0 aliphatic heterocycles. The van der Waals surface area contributed by atoms with Crippen LogP contribution in [0.2, 0.25) is 0 Å². The van der Waals surface area contributed by atoms with E-state index in [1.165, 1.54) is 24.3 Å². The molecule has 5 heteroatoms. The summed E-state index contributed by atoms with van der Waals surface area (Å²) in [7, 11) is 0. The van der Waals surface area contributed by atoms with Crippen LogP contribution in [0.5, 0.6) is 0 Å². The smallest absolute Gasteiger partial charge is 0.183 e. The van der Waals surface area contributed by atoms with Crippen LogP contribution in [0.3, 0.4) is 0 Å². The van der Waals surface area contributed by atoms with Crippen molar-refractivity contribution in [2.75, 3.05) is 5.75 Å². The van der Waals surface area contributed by atoms with Gasteiger partial charge in [0.2, 0.25) is 0 Å². The van der Waals surface area contributed by atoms with E-state index in [1.54, 1.807) is 0 Å². The monoisotopic (exact) mass is 142 g/mol. The molecular formula is C4H6N4S. The second-order valence-corrected chi connectivity index (χ2v) is 2.31. The van der Waals surface area contributed by atoms with E-state index in [9.17, 15) is 0 Å². The van der Waals surface area contributed by atoms with Crippen molar-refractivity contribution in [2.45, 2.75) is 5.16 Å². The molecule has 48 valence electrons. The molecule has 0 amide bonds. The van der Waals surface area contributed by atoms with Crippen LogP contribution in [-0.2, 0) is 0 Å². The molecule has 0 aromatic carbocycles. The molecule has 0 bridgehead atoms. The van der Waals surface area contributed by atoms with Gasteiger partial charge in [-0.3, -0.25) is 5.10 Å². The summed E-state index contributed by atoms with van der Waals surface area (Å²) in [6.45, 7) is 0. The third-order valence-corrected chi connectivity index (χ3v) is 1.50. The van der Waals surface area contributed by atoms with Crippen molar-refractivity contribution in [2.24, 2.45) is 0 Å². The first-order valence-electron chi connectivity index (χ1n) is 2.40. The van der Waals surface area contributed by atoms with E-state index >= 15 is 0 Å². The number of hydrogen-bond acceptors (Lipinski definition) is 4. The Balaban J connectivity index is 2.38. The van der Waals surface area contributed by atoms with Gasteiger partial charge in [-0.25, -0.2) is 4.98 Å². The molecule has 0 saturated carbocycles. The topological polar surface area (TPSA) is 65.4 Å². The number of rotatable bonds is 3. The maximum absolute atomic E-state index is 6.70. The van der Waals surface area contributed by atoms with Gasteiger partial charge in [0.1, 0.15) is 6.33 Å². The molecule has 0 unspecified atom stereocenters. The number of H-pyrrole nitrogens is 1. The molecule has 0 radical (unpaired) electrons. The van der Waals surface area contributed by atoms with Crippen LogP contribution in [0.15, 0.2) is 11.5 Å². The molecule has 0 spiro atoms. The highest BCUT2D eigenvalue weighted by atomic mass is 32.2. The molecule has 1 aromatic rings. The molecule has 0 fully saturated rings. The maximum atomic E-state index is 6.70. The molecule has 0 saturated heterocycles. The highest BCUT2D eigenvalue weighted by Crippen LogP contribution is 2.07. The number of aromatic amines is 1. The predicted molar refractivity (Wildman–Crippen MR) is 35.9 cm³/mol. The van der Waals surface area contributed by atoms with Crippen LogP contribution in [0.25, 0.3) is 0 Å². The Morgan fingerprint density at radius 1 is 1.89 bits per heavy atom. The van der Waals surface area contributed by atoms with Gasteiger partial charge < -0.3 is 5.41 Å². The summed E-state index contributed by atoms with van der Waals surface area (Å²) in [5.74, 6) is 0.648. The predicted octanol–water partition coefficient (Wildman–Crippen LogP) is 0.546. The van der Waals surface area contributed by atoms with Gasteiger partial charge in [0, 0.05) is 12.0 Å². The number of aromatic nitrogens is 3. The molecular weight excluding hydrogens is 136 g/mol. The summed E-state index contributed by atoms with van der Waals surface area (Å²) in [5.41, 5.74) is 0. The summed E-state index contributed by atoms with van der Waals surface area (Å²) < 4.78 is 0. The fourth-order valence-electron chi connectivity index (χ4n) is 0.384.